The Hall–Kier alpha value is -4.34. The fraction of sp³-hybridized carbons (Fsp3) is 0.185. The Balaban J connectivity index is 1.55. The van der Waals surface area contributed by atoms with E-state index in [-0.39, 0.29) is 17.8 Å². The van der Waals surface area contributed by atoms with Gasteiger partial charge in [0.15, 0.2) is 5.78 Å². The number of ether oxygens (including phenoxy) is 1. The number of Topliss-reactive ketones (excluding diaryl/α,β-unsaturated/α-hetero) is 1. The average Bonchev–Trinajstić information content (AvgIpc) is 2.90. The maximum Gasteiger partial charge on any atom is 0.250 e. The van der Waals surface area contributed by atoms with Crippen LogP contribution in [0.1, 0.15) is 43.5 Å². The number of hydrogen-bond donors (Lipinski definition) is 4. The van der Waals surface area contributed by atoms with Crippen molar-refractivity contribution >= 4 is 28.4 Å². The van der Waals surface area contributed by atoms with Gasteiger partial charge in [0.2, 0.25) is 0 Å². The van der Waals surface area contributed by atoms with E-state index < -0.39 is 18.6 Å². The number of methoxy groups -OCH3 is 1. The van der Waals surface area contributed by atoms with E-state index in [1.54, 1.807) is 37.4 Å². The molecule has 0 saturated carbocycles. The molecule has 4 rings (SSSR count). The second-order valence-electron chi connectivity index (χ2n) is 8.25. The molecule has 9 heteroatoms. The molecule has 4 aromatic rings. The summed E-state index contributed by atoms with van der Waals surface area (Å²) in [6, 6.07) is 17.7. The maximum absolute atomic E-state index is 12.7. The van der Waals surface area contributed by atoms with Crippen LogP contribution in [-0.2, 0) is 13.0 Å². The first-order chi connectivity index (χ1) is 17.4. The summed E-state index contributed by atoms with van der Waals surface area (Å²) in [7, 11) is 1.58. The van der Waals surface area contributed by atoms with Gasteiger partial charge in [0.05, 0.1) is 24.8 Å². The smallest absolute Gasteiger partial charge is 0.250 e. The van der Waals surface area contributed by atoms with Gasteiger partial charge >= 0.3 is 0 Å². The summed E-state index contributed by atoms with van der Waals surface area (Å²) in [4.78, 5) is 33.2. The van der Waals surface area contributed by atoms with E-state index in [9.17, 15) is 19.8 Å². The molecule has 1 unspecified atom stereocenters. The summed E-state index contributed by atoms with van der Waals surface area (Å²) >= 11 is 0. The number of rotatable bonds is 10. The first-order valence-electron chi connectivity index (χ1n) is 11.3. The number of primary amides is 1. The highest BCUT2D eigenvalue weighted by atomic mass is 16.5. The van der Waals surface area contributed by atoms with Crippen molar-refractivity contribution in [2.24, 2.45) is 5.73 Å². The molecule has 0 bridgehead atoms. The van der Waals surface area contributed by atoms with E-state index in [0.717, 1.165) is 11.1 Å². The van der Waals surface area contributed by atoms with Crippen LogP contribution in [-0.4, -0.2) is 45.6 Å². The van der Waals surface area contributed by atoms with Gasteiger partial charge in [-0.25, -0.2) is 9.97 Å². The molecule has 0 aliphatic carbocycles. The van der Waals surface area contributed by atoms with E-state index in [1.807, 2.05) is 24.3 Å². The minimum absolute atomic E-state index is 0.00138. The van der Waals surface area contributed by atoms with Gasteiger partial charge in [-0.15, -0.1) is 0 Å². The van der Waals surface area contributed by atoms with Crippen molar-refractivity contribution in [2.45, 2.75) is 19.1 Å². The third-order valence-electron chi connectivity index (χ3n) is 5.81. The first-order valence-corrected chi connectivity index (χ1v) is 11.3. The quantitative estimate of drug-likeness (QED) is 0.250. The molecule has 0 aliphatic heterocycles. The molecule has 0 saturated heterocycles. The summed E-state index contributed by atoms with van der Waals surface area (Å²) in [6.07, 6.45) is 0.393. The number of ketones is 1. The lowest BCUT2D eigenvalue weighted by molar-refractivity contribution is 0.0951. The number of nitrogens with one attached hydrogen (secondary N) is 1. The lowest BCUT2D eigenvalue weighted by Crippen LogP contribution is -2.14. The number of amides is 1. The SMILES string of the molecule is COc1ccc(C(=O)Cc2cccc(CNc3ncnc4c(C(N)=O)cc(C(O)CO)cc34)c2)cc1. The Labute approximate surface area is 207 Å². The van der Waals surface area contributed by atoms with Crippen molar-refractivity contribution in [1.82, 2.24) is 9.97 Å². The summed E-state index contributed by atoms with van der Waals surface area (Å²) in [5.74, 6) is 0.427. The molecule has 9 nitrogen and oxygen atoms in total. The number of nitrogens with two attached hydrogens (primary N) is 1. The molecule has 1 amide bonds. The average molecular weight is 487 g/mol. The van der Waals surface area contributed by atoms with Crippen molar-refractivity contribution in [3.05, 3.63) is 94.8 Å². The van der Waals surface area contributed by atoms with Crippen LogP contribution < -0.4 is 15.8 Å². The topological polar surface area (TPSA) is 148 Å². The number of benzene rings is 3. The van der Waals surface area contributed by atoms with Gasteiger partial charge in [0.25, 0.3) is 5.91 Å². The molecular weight excluding hydrogens is 460 g/mol. The number of fused-ring (bicyclic) bond motifs is 1. The number of carbonyl (C=O) groups excluding carboxylic acids is 2. The molecule has 36 heavy (non-hydrogen) atoms. The monoisotopic (exact) mass is 486 g/mol. The van der Waals surface area contributed by atoms with Crippen molar-refractivity contribution in [3.63, 3.8) is 0 Å². The van der Waals surface area contributed by atoms with Crippen molar-refractivity contribution < 1.29 is 24.5 Å². The van der Waals surface area contributed by atoms with Gasteiger partial charge < -0.3 is 26.0 Å². The van der Waals surface area contributed by atoms with Crippen LogP contribution in [0.3, 0.4) is 0 Å². The molecule has 5 N–H and O–H groups in total. The van der Waals surface area contributed by atoms with E-state index in [0.29, 0.717) is 40.1 Å². The lowest BCUT2D eigenvalue weighted by Gasteiger charge is -2.14. The Morgan fingerprint density at radius 1 is 1.06 bits per heavy atom. The zero-order chi connectivity index (χ0) is 25.7. The predicted molar refractivity (Wildman–Crippen MR) is 135 cm³/mol. The molecule has 3 aromatic carbocycles. The number of nitrogens with zero attached hydrogens (tertiary/aromatic N) is 2. The Morgan fingerprint density at radius 3 is 2.50 bits per heavy atom. The van der Waals surface area contributed by atoms with Crippen LogP contribution in [0.2, 0.25) is 0 Å². The first kappa shape index (κ1) is 24.8. The fourth-order valence-electron chi connectivity index (χ4n) is 3.92. The molecule has 0 fully saturated rings. The number of carbonyl (C=O) groups is 2. The largest absolute Gasteiger partial charge is 0.497 e. The number of aliphatic hydroxyl groups excluding tert-OH is 2. The summed E-state index contributed by atoms with van der Waals surface area (Å²) < 4.78 is 5.14. The number of aliphatic hydroxyl groups is 2. The minimum Gasteiger partial charge on any atom is -0.497 e. The normalized spacial score (nSPS) is 11.8. The lowest BCUT2D eigenvalue weighted by atomic mass is 10.0. The van der Waals surface area contributed by atoms with Gasteiger partial charge in [-0.3, -0.25) is 9.59 Å². The van der Waals surface area contributed by atoms with Gasteiger partial charge in [-0.2, -0.15) is 0 Å². The molecular formula is C27H26N4O5. The highest BCUT2D eigenvalue weighted by Crippen LogP contribution is 2.27. The highest BCUT2D eigenvalue weighted by Gasteiger charge is 2.17. The third-order valence-corrected chi connectivity index (χ3v) is 5.81. The van der Waals surface area contributed by atoms with Gasteiger partial charge in [0.1, 0.15) is 24.0 Å². The standard InChI is InChI=1S/C27H26N4O5/c1-36-20-7-5-18(6-8-20)23(33)10-16-3-2-4-17(9-16)13-29-27-22-12-19(24(34)14-32)11-21(26(28)35)25(22)30-15-31-27/h2-9,11-12,15,24,32,34H,10,13-14H2,1H3,(H2,28,35)(H,29,30,31). The number of anilines is 1. The van der Waals surface area contributed by atoms with Crippen LogP contribution >= 0.6 is 0 Å². The second kappa shape index (κ2) is 10.9. The van der Waals surface area contributed by atoms with E-state index >= 15 is 0 Å². The third kappa shape index (κ3) is 5.48. The molecule has 0 spiro atoms. The fourth-order valence-corrected chi connectivity index (χ4v) is 3.92. The van der Waals surface area contributed by atoms with Crippen molar-refractivity contribution in [1.29, 1.82) is 0 Å². The number of hydrogen-bond acceptors (Lipinski definition) is 8. The zero-order valence-electron chi connectivity index (χ0n) is 19.6. The second-order valence-corrected chi connectivity index (χ2v) is 8.25. The molecule has 184 valence electrons. The maximum atomic E-state index is 12.7. The molecule has 1 heterocycles. The van der Waals surface area contributed by atoms with Gasteiger partial charge in [0, 0.05) is 23.9 Å². The Bertz CT molecular complexity index is 1410. The van der Waals surface area contributed by atoms with Gasteiger partial charge in [-0.1, -0.05) is 24.3 Å². The van der Waals surface area contributed by atoms with Crippen molar-refractivity contribution in [2.75, 3.05) is 19.0 Å². The summed E-state index contributed by atoms with van der Waals surface area (Å²) in [6.45, 7) is -0.127. The summed E-state index contributed by atoms with van der Waals surface area (Å²) in [5.41, 5.74) is 8.71. The molecule has 0 radical (unpaired) electrons. The van der Waals surface area contributed by atoms with Gasteiger partial charge in [-0.05, 0) is 53.1 Å². The van der Waals surface area contributed by atoms with E-state index in [2.05, 4.69) is 15.3 Å². The van der Waals surface area contributed by atoms with Crippen LogP contribution in [0.4, 0.5) is 5.82 Å². The van der Waals surface area contributed by atoms with Crippen molar-refractivity contribution in [3.8, 4) is 5.75 Å². The predicted octanol–water partition coefficient (Wildman–Crippen LogP) is 2.80. The summed E-state index contributed by atoms with van der Waals surface area (Å²) in [5, 5.41) is 23.2. The van der Waals surface area contributed by atoms with Crippen LogP contribution in [0.5, 0.6) is 5.75 Å². The Morgan fingerprint density at radius 2 is 1.81 bits per heavy atom. The van der Waals surface area contributed by atoms with Crippen LogP contribution in [0.15, 0.2) is 67.0 Å². The molecule has 1 atom stereocenters. The van der Waals surface area contributed by atoms with Crippen LogP contribution in [0.25, 0.3) is 10.9 Å². The number of aromatic nitrogens is 2. The Kier molecular flexibility index (Phi) is 7.53. The zero-order valence-corrected chi connectivity index (χ0v) is 19.6. The molecule has 1 aromatic heterocycles. The van der Waals surface area contributed by atoms with E-state index in [4.69, 9.17) is 10.5 Å². The molecule has 0 aliphatic rings. The highest BCUT2D eigenvalue weighted by molar-refractivity contribution is 6.07. The van der Waals surface area contributed by atoms with Crippen LogP contribution in [0, 0.1) is 0 Å². The van der Waals surface area contributed by atoms with E-state index in [1.165, 1.54) is 12.4 Å². The minimum atomic E-state index is -1.18.